The number of carbonyl (C=O) groups excluding carboxylic acids is 2. The van der Waals surface area contributed by atoms with Crippen LogP contribution in [0.1, 0.15) is 24.1 Å². The average molecular weight is 483 g/mol. The Hall–Kier alpha value is -3.72. The molecule has 2 heterocycles. The van der Waals surface area contributed by atoms with Crippen molar-refractivity contribution in [3.05, 3.63) is 53.1 Å². The summed E-state index contributed by atoms with van der Waals surface area (Å²) in [5.41, 5.74) is 1.00. The Morgan fingerprint density at radius 1 is 1.09 bits per heavy atom. The van der Waals surface area contributed by atoms with E-state index in [9.17, 15) is 14.7 Å². The summed E-state index contributed by atoms with van der Waals surface area (Å²) in [6.45, 7) is 4.00. The summed E-state index contributed by atoms with van der Waals surface area (Å²) in [4.78, 5) is 29.8. The minimum Gasteiger partial charge on any atom is -0.507 e. The quantitative estimate of drug-likeness (QED) is 0.349. The number of nitrogens with zero attached hydrogens (tertiary/aromatic N) is 2. The van der Waals surface area contributed by atoms with Crippen LogP contribution in [0.2, 0.25) is 0 Å². The molecule has 0 aliphatic carbocycles. The Bertz CT molecular complexity index is 1160. The van der Waals surface area contributed by atoms with Crippen LogP contribution in [0.4, 0.5) is 0 Å². The molecule has 2 aliphatic heterocycles. The third kappa shape index (κ3) is 4.77. The van der Waals surface area contributed by atoms with Crippen molar-refractivity contribution in [2.24, 2.45) is 0 Å². The molecule has 1 N–H and O–H groups in total. The molecule has 0 radical (unpaired) electrons. The van der Waals surface area contributed by atoms with E-state index < -0.39 is 17.7 Å². The van der Waals surface area contributed by atoms with Crippen molar-refractivity contribution in [2.75, 3.05) is 54.1 Å². The van der Waals surface area contributed by atoms with Crippen LogP contribution in [-0.2, 0) is 9.59 Å². The second kappa shape index (κ2) is 10.3. The highest BCUT2D eigenvalue weighted by Gasteiger charge is 2.46. The zero-order valence-electron chi connectivity index (χ0n) is 20.4. The van der Waals surface area contributed by atoms with Crippen molar-refractivity contribution in [3.8, 4) is 23.0 Å². The molecule has 1 amide bonds. The first kappa shape index (κ1) is 24.4. The highest BCUT2D eigenvalue weighted by Crippen LogP contribution is 2.43. The van der Waals surface area contributed by atoms with Gasteiger partial charge in [0.1, 0.15) is 19.0 Å². The van der Waals surface area contributed by atoms with E-state index in [1.165, 1.54) is 12.0 Å². The largest absolute Gasteiger partial charge is 0.507 e. The second-order valence-electron chi connectivity index (χ2n) is 8.50. The fourth-order valence-corrected chi connectivity index (χ4v) is 4.24. The smallest absolute Gasteiger partial charge is 0.295 e. The fraction of sp³-hybridized carbons (Fsp3) is 0.385. The molecule has 0 bridgehead atoms. The molecule has 2 aromatic carbocycles. The maximum Gasteiger partial charge on any atom is 0.295 e. The molecule has 1 saturated heterocycles. The monoisotopic (exact) mass is 482 g/mol. The number of benzene rings is 2. The predicted molar refractivity (Wildman–Crippen MR) is 129 cm³/mol. The lowest BCUT2D eigenvalue weighted by Gasteiger charge is -2.27. The van der Waals surface area contributed by atoms with Gasteiger partial charge in [0.2, 0.25) is 0 Å². The number of aliphatic hydroxyl groups is 1. The van der Waals surface area contributed by atoms with Gasteiger partial charge >= 0.3 is 0 Å². The third-order valence-corrected chi connectivity index (χ3v) is 5.95. The van der Waals surface area contributed by atoms with Crippen molar-refractivity contribution in [1.82, 2.24) is 9.80 Å². The molecule has 0 spiro atoms. The van der Waals surface area contributed by atoms with Gasteiger partial charge in [0, 0.05) is 18.7 Å². The van der Waals surface area contributed by atoms with Crippen LogP contribution in [0, 0.1) is 0 Å². The van der Waals surface area contributed by atoms with Gasteiger partial charge in [0.05, 0.1) is 25.3 Å². The van der Waals surface area contributed by atoms with Crippen LogP contribution in [0.15, 0.2) is 42.0 Å². The van der Waals surface area contributed by atoms with E-state index >= 15 is 0 Å². The maximum atomic E-state index is 13.2. The number of likely N-dealkylation sites (tertiary alicyclic amines) is 1. The van der Waals surface area contributed by atoms with Gasteiger partial charge in [-0.15, -0.1) is 0 Å². The number of ketones is 1. The van der Waals surface area contributed by atoms with Gasteiger partial charge in [0.25, 0.3) is 11.7 Å². The molecular formula is C26H30N2O7. The lowest BCUT2D eigenvalue weighted by atomic mass is 9.94. The number of likely N-dealkylation sites (N-methyl/N-ethyl adjacent to an activating group) is 1. The number of fused-ring (bicyclic) bond motifs is 1. The lowest BCUT2D eigenvalue weighted by Crippen LogP contribution is -2.35. The Balaban J connectivity index is 1.84. The molecule has 0 aromatic heterocycles. The van der Waals surface area contributed by atoms with Gasteiger partial charge in [-0.25, -0.2) is 0 Å². The number of ether oxygens (including phenoxy) is 4. The molecule has 35 heavy (non-hydrogen) atoms. The number of rotatable bonds is 8. The zero-order chi connectivity index (χ0) is 25.1. The summed E-state index contributed by atoms with van der Waals surface area (Å²) in [5.74, 6) is 0.384. The van der Waals surface area contributed by atoms with E-state index in [4.69, 9.17) is 18.9 Å². The molecular weight excluding hydrogens is 452 g/mol. The van der Waals surface area contributed by atoms with Gasteiger partial charge in [-0.2, -0.15) is 0 Å². The minimum absolute atomic E-state index is 0.0108. The highest BCUT2D eigenvalue weighted by atomic mass is 16.6. The predicted octanol–water partition coefficient (Wildman–Crippen LogP) is 2.85. The van der Waals surface area contributed by atoms with E-state index in [1.807, 2.05) is 25.9 Å². The molecule has 2 aliphatic rings. The van der Waals surface area contributed by atoms with E-state index in [2.05, 4.69) is 0 Å². The Morgan fingerprint density at radius 3 is 2.51 bits per heavy atom. The highest BCUT2D eigenvalue weighted by molar-refractivity contribution is 6.46. The van der Waals surface area contributed by atoms with Gasteiger partial charge in [-0.05, 0) is 56.9 Å². The first-order chi connectivity index (χ1) is 16.8. The lowest BCUT2D eigenvalue weighted by molar-refractivity contribution is -0.140. The second-order valence-corrected chi connectivity index (χ2v) is 8.50. The van der Waals surface area contributed by atoms with E-state index in [-0.39, 0.29) is 11.3 Å². The summed E-state index contributed by atoms with van der Waals surface area (Å²) in [6, 6.07) is 9.41. The molecule has 0 unspecified atom stereocenters. The van der Waals surface area contributed by atoms with Gasteiger partial charge < -0.3 is 33.9 Å². The van der Waals surface area contributed by atoms with Crippen LogP contribution in [-0.4, -0.2) is 80.7 Å². The van der Waals surface area contributed by atoms with Crippen molar-refractivity contribution in [1.29, 1.82) is 0 Å². The van der Waals surface area contributed by atoms with Gasteiger partial charge in [-0.3, -0.25) is 9.59 Å². The van der Waals surface area contributed by atoms with Crippen LogP contribution >= 0.6 is 0 Å². The van der Waals surface area contributed by atoms with Crippen LogP contribution in [0.5, 0.6) is 23.0 Å². The topological polar surface area (TPSA) is 97.8 Å². The number of hydrogen-bond acceptors (Lipinski definition) is 8. The fourth-order valence-electron chi connectivity index (χ4n) is 4.24. The van der Waals surface area contributed by atoms with Crippen molar-refractivity contribution in [2.45, 2.75) is 13.0 Å². The Kier molecular flexibility index (Phi) is 7.16. The molecule has 1 atom stereocenters. The number of carbonyl (C=O) groups is 2. The van der Waals surface area contributed by atoms with E-state index in [1.54, 1.807) is 36.4 Å². The Morgan fingerprint density at radius 2 is 1.83 bits per heavy atom. The third-order valence-electron chi connectivity index (χ3n) is 5.95. The summed E-state index contributed by atoms with van der Waals surface area (Å²) in [7, 11) is 5.31. The van der Waals surface area contributed by atoms with Crippen LogP contribution < -0.4 is 18.9 Å². The first-order valence-corrected chi connectivity index (χ1v) is 11.5. The number of Topliss-reactive ketones (excluding diaryl/α,β-unsaturated/α-hetero) is 1. The summed E-state index contributed by atoms with van der Waals surface area (Å²) >= 11 is 0. The normalized spacial score (nSPS) is 18.8. The summed E-state index contributed by atoms with van der Waals surface area (Å²) in [6.07, 6.45) is 0. The van der Waals surface area contributed by atoms with E-state index in [0.29, 0.717) is 67.0 Å². The summed E-state index contributed by atoms with van der Waals surface area (Å²) < 4.78 is 22.3. The standard InChI is InChI=1S/C26H30N2O7/c1-5-33-18-8-6-16(14-20(18)32-4)23-22(25(30)26(31)28(23)11-10-27(2)3)24(29)17-7-9-19-21(15-17)35-13-12-34-19/h6-9,14-15,23,29H,5,10-13H2,1-4H3/b24-22+/t23-/m0/s1. The van der Waals surface area contributed by atoms with Gasteiger partial charge in [0.15, 0.2) is 23.0 Å². The van der Waals surface area contributed by atoms with Gasteiger partial charge in [-0.1, -0.05) is 6.07 Å². The number of methoxy groups -OCH3 is 1. The van der Waals surface area contributed by atoms with Crippen molar-refractivity contribution in [3.63, 3.8) is 0 Å². The molecule has 4 rings (SSSR count). The zero-order valence-corrected chi connectivity index (χ0v) is 20.4. The first-order valence-electron chi connectivity index (χ1n) is 11.5. The summed E-state index contributed by atoms with van der Waals surface area (Å²) in [5, 5.41) is 11.3. The SMILES string of the molecule is CCOc1ccc([C@H]2/C(=C(\O)c3ccc4c(c3)OCCO4)C(=O)C(=O)N2CCN(C)C)cc1OC. The van der Waals surface area contributed by atoms with Crippen LogP contribution in [0.3, 0.4) is 0 Å². The molecule has 9 heteroatoms. The number of hydrogen-bond donors (Lipinski definition) is 1. The molecule has 0 saturated carbocycles. The molecule has 2 aromatic rings. The molecule has 186 valence electrons. The van der Waals surface area contributed by atoms with Crippen molar-refractivity contribution < 1.29 is 33.6 Å². The average Bonchev–Trinajstić information content (AvgIpc) is 3.12. The van der Waals surface area contributed by atoms with Crippen LogP contribution in [0.25, 0.3) is 5.76 Å². The Labute approximate surface area is 204 Å². The minimum atomic E-state index is -0.798. The van der Waals surface area contributed by atoms with Crippen molar-refractivity contribution >= 4 is 17.4 Å². The molecule has 1 fully saturated rings. The van der Waals surface area contributed by atoms with E-state index in [0.717, 1.165) is 0 Å². The number of amides is 1. The maximum absolute atomic E-state index is 13.2. The number of aliphatic hydroxyl groups excluding tert-OH is 1. The molecule has 9 nitrogen and oxygen atoms in total.